The van der Waals surface area contributed by atoms with Gasteiger partial charge in [0, 0.05) is 18.9 Å². The first-order valence-electron chi connectivity index (χ1n) is 9.97. The van der Waals surface area contributed by atoms with Gasteiger partial charge in [-0.05, 0) is 46.9 Å². The second kappa shape index (κ2) is 8.84. The van der Waals surface area contributed by atoms with Gasteiger partial charge in [0.1, 0.15) is 12.4 Å². The Morgan fingerprint density at radius 2 is 1.70 bits per heavy atom. The fraction of sp³-hybridized carbons (Fsp3) is 0.192. The number of hydrogen-bond acceptors (Lipinski definition) is 2. The third-order valence-electron chi connectivity index (χ3n) is 5.21. The minimum atomic E-state index is -0.472. The summed E-state index contributed by atoms with van der Waals surface area (Å²) in [4.78, 5) is 12.1. The van der Waals surface area contributed by atoms with Crippen molar-refractivity contribution in [1.82, 2.24) is 5.32 Å². The number of alkyl carbamates (subject to hydrolysis) is 1. The summed E-state index contributed by atoms with van der Waals surface area (Å²) in [5, 5.41) is 2.71. The quantitative estimate of drug-likeness (QED) is 0.470. The predicted molar refractivity (Wildman–Crippen MR) is 116 cm³/mol. The van der Waals surface area contributed by atoms with E-state index >= 15 is 0 Å². The van der Waals surface area contributed by atoms with Crippen molar-refractivity contribution >= 4 is 6.09 Å². The lowest BCUT2D eigenvalue weighted by Gasteiger charge is -2.14. The van der Waals surface area contributed by atoms with E-state index in [2.05, 4.69) is 41.4 Å². The minimum Gasteiger partial charge on any atom is -0.449 e. The number of fused-ring (bicyclic) bond motifs is 3. The highest BCUT2D eigenvalue weighted by molar-refractivity contribution is 5.79. The molecule has 150 valence electrons. The number of hydrogen-bond donors (Lipinski definition) is 1. The number of halogens is 1. The number of ether oxygens (including phenoxy) is 1. The monoisotopic (exact) mass is 399 g/mol. The van der Waals surface area contributed by atoms with Gasteiger partial charge in [-0.15, -0.1) is 0 Å². The summed E-state index contributed by atoms with van der Waals surface area (Å²) in [6, 6.07) is 21.4. The maximum atomic E-state index is 13.8. The van der Waals surface area contributed by atoms with E-state index in [0.717, 1.165) is 5.56 Å². The van der Waals surface area contributed by atoms with E-state index in [-0.39, 0.29) is 18.3 Å². The Labute approximate surface area is 175 Å². The summed E-state index contributed by atoms with van der Waals surface area (Å²) in [5.74, 6) is 5.38. The lowest BCUT2D eigenvalue weighted by atomic mass is 9.98. The maximum Gasteiger partial charge on any atom is 0.407 e. The Bertz CT molecular complexity index is 1100. The SMILES string of the molecule is Cc1ccc(C#CCCNC(=O)OCC2c3ccccc3-c3ccccc32)c(F)c1. The predicted octanol–water partition coefficient (Wildman–Crippen LogP) is 5.41. The lowest BCUT2D eigenvalue weighted by Crippen LogP contribution is -2.26. The van der Waals surface area contributed by atoms with Crippen LogP contribution in [0.1, 0.15) is 34.6 Å². The third-order valence-corrected chi connectivity index (χ3v) is 5.21. The van der Waals surface area contributed by atoms with Crippen LogP contribution in [-0.4, -0.2) is 19.2 Å². The van der Waals surface area contributed by atoms with Crippen LogP contribution < -0.4 is 5.32 Å². The Hall–Kier alpha value is -3.58. The summed E-state index contributed by atoms with van der Waals surface area (Å²) in [7, 11) is 0. The van der Waals surface area contributed by atoms with Crippen LogP contribution in [0.15, 0.2) is 66.7 Å². The molecule has 4 rings (SSSR count). The van der Waals surface area contributed by atoms with Crippen LogP contribution in [0, 0.1) is 24.6 Å². The molecule has 1 N–H and O–H groups in total. The highest BCUT2D eigenvalue weighted by Gasteiger charge is 2.28. The van der Waals surface area contributed by atoms with Gasteiger partial charge in [0.25, 0.3) is 0 Å². The zero-order chi connectivity index (χ0) is 20.9. The van der Waals surface area contributed by atoms with E-state index in [1.54, 1.807) is 6.07 Å². The zero-order valence-electron chi connectivity index (χ0n) is 16.7. The lowest BCUT2D eigenvalue weighted by molar-refractivity contribution is 0.143. The largest absolute Gasteiger partial charge is 0.449 e. The highest BCUT2D eigenvalue weighted by atomic mass is 19.1. The number of rotatable bonds is 4. The van der Waals surface area contributed by atoms with Gasteiger partial charge in [-0.25, -0.2) is 9.18 Å². The van der Waals surface area contributed by atoms with Crippen LogP contribution in [0.4, 0.5) is 9.18 Å². The number of carbonyl (C=O) groups is 1. The molecule has 0 bridgehead atoms. The summed E-state index contributed by atoms with van der Waals surface area (Å²) in [6.45, 7) is 2.45. The van der Waals surface area contributed by atoms with Crippen molar-refractivity contribution in [2.75, 3.05) is 13.2 Å². The van der Waals surface area contributed by atoms with Crippen molar-refractivity contribution < 1.29 is 13.9 Å². The zero-order valence-corrected chi connectivity index (χ0v) is 16.7. The normalized spacial score (nSPS) is 11.8. The van der Waals surface area contributed by atoms with Crippen molar-refractivity contribution in [3.8, 4) is 23.0 Å². The van der Waals surface area contributed by atoms with Crippen LogP contribution >= 0.6 is 0 Å². The summed E-state index contributed by atoms with van der Waals surface area (Å²) in [6.07, 6.45) is -0.0579. The molecule has 0 fully saturated rings. The number of aryl methyl sites for hydroxylation is 1. The highest BCUT2D eigenvalue weighted by Crippen LogP contribution is 2.44. The Morgan fingerprint density at radius 1 is 1.03 bits per heavy atom. The fourth-order valence-electron chi connectivity index (χ4n) is 3.76. The van der Waals surface area contributed by atoms with Gasteiger partial charge in [0.05, 0.1) is 5.56 Å². The first kappa shape index (κ1) is 19.7. The molecule has 0 heterocycles. The summed E-state index contributed by atoms with van der Waals surface area (Å²) in [5.41, 5.74) is 5.97. The smallest absolute Gasteiger partial charge is 0.407 e. The summed E-state index contributed by atoms with van der Waals surface area (Å²) >= 11 is 0. The van der Waals surface area contributed by atoms with Crippen LogP contribution in [-0.2, 0) is 4.74 Å². The molecule has 0 aliphatic heterocycles. The third kappa shape index (κ3) is 4.21. The van der Waals surface area contributed by atoms with Crippen molar-refractivity contribution in [2.24, 2.45) is 0 Å². The van der Waals surface area contributed by atoms with Crippen molar-refractivity contribution in [2.45, 2.75) is 19.3 Å². The molecule has 3 nitrogen and oxygen atoms in total. The molecule has 1 aliphatic carbocycles. The van der Waals surface area contributed by atoms with Gasteiger partial charge < -0.3 is 10.1 Å². The average Bonchev–Trinajstić information content (AvgIpc) is 3.07. The molecule has 0 atom stereocenters. The molecule has 1 amide bonds. The van der Waals surface area contributed by atoms with E-state index in [4.69, 9.17) is 4.74 Å². The molecule has 0 spiro atoms. The van der Waals surface area contributed by atoms with E-state index in [1.165, 1.54) is 28.3 Å². The van der Waals surface area contributed by atoms with Crippen molar-refractivity contribution in [3.05, 3.63) is 94.8 Å². The van der Waals surface area contributed by atoms with E-state index < -0.39 is 6.09 Å². The molecule has 0 aromatic heterocycles. The van der Waals surface area contributed by atoms with E-state index in [1.807, 2.05) is 37.3 Å². The Kier molecular flexibility index (Phi) is 5.81. The van der Waals surface area contributed by atoms with Gasteiger partial charge in [-0.3, -0.25) is 0 Å². The first-order chi connectivity index (χ1) is 14.6. The molecule has 30 heavy (non-hydrogen) atoms. The van der Waals surface area contributed by atoms with Crippen LogP contribution in [0.3, 0.4) is 0 Å². The van der Waals surface area contributed by atoms with Gasteiger partial charge in [-0.2, -0.15) is 0 Å². The van der Waals surface area contributed by atoms with Crippen LogP contribution in [0.2, 0.25) is 0 Å². The standard InChI is InChI=1S/C26H22FNO2/c1-18-13-14-19(25(27)16-18)8-6-7-15-28-26(29)30-17-24-22-11-4-2-9-20(22)21-10-3-5-12-23(21)24/h2-5,9-14,16,24H,7,15,17H2,1H3,(H,28,29). The van der Waals surface area contributed by atoms with Gasteiger partial charge in [0.2, 0.25) is 0 Å². The molecule has 0 saturated carbocycles. The number of benzene rings is 3. The molecular weight excluding hydrogens is 377 g/mol. The molecule has 4 heteroatoms. The van der Waals surface area contributed by atoms with E-state index in [9.17, 15) is 9.18 Å². The van der Waals surface area contributed by atoms with Crippen molar-refractivity contribution in [1.29, 1.82) is 0 Å². The van der Waals surface area contributed by atoms with Crippen LogP contribution in [0.5, 0.6) is 0 Å². The van der Waals surface area contributed by atoms with Gasteiger partial charge >= 0.3 is 6.09 Å². The Morgan fingerprint density at radius 3 is 2.37 bits per heavy atom. The average molecular weight is 399 g/mol. The van der Waals surface area contributed by atoms with Crippen molar-refractivity contribution in [3.63, 3.8) is 0 Å². The molecule has 1 aliphatic rings. The topological polar surface area (TPSA) is 38.3 Å². The van der Waals surface area contributed by atoms with Crippen LogP contribution in [0.25, 0.3) is 11.1 Å². The number of carbonyl (C=O) groups excluding carboxylic acids is 1. The molecule has 3 aromatic rings. The molecular formula is C26H22FNO2. The minimum absolute atomic E-state index is 0.0347. The molecule has 0 radical (unpaired) electrons. The van der Waals surface area contributed by atoms with Gasteiger partial charge in [0.15, 0.2) is 0 Å². The van der Waals surface area contributed by atoms with Gasteiger partial charge in [-0.1, -0.05) is 66.4 Å². The first-order valence-corrected chi connectivity index (χ1v) is 9.97. The number of nitrogens with one attached hydrogen (secondary N) is 1. The van der Waals surface area contributed by atoms with E-state index in [0.29, 0.717) is 18.5 Å². The molecule has 3 aromatic carbocycles. The Balaban J connectivity index is 1.29. The maximum absolute atomic E-state index is 13.8. The molecule has 0 unspecified atom stereocenters. The second-order valence-corrected chi connectivity index (χ2v) is 7.29. The second-order valence-electron chi connectivity index (χ2n) is 7.29. The number of amides is 1. The molecule has 0 saturated heterocycles. The summed E-state index contributed by atoms with van der Waals surface area (Å²) < 4.78 is 19.2. The fourth-order valence-corrected chi connectivity index (χ4v) is 3.76.